The molecule has 94 valence electrons. The number of sulfonamides is 1. The first-order chi connectivity index (χ1) is 7.93. The first kappa shape index (κ1) is 12.1. The van der Waals surface area contributed by atoms with Crippen molar-refractivity contribution in [3.63, 3.8) is 0 Å². The number of halogens is 2. The van der Waals surface area contributed by atoms with E-state index in [2.05, 4.69) is 0 Å². The maximum Gasteiger partial charge on any atom is 0.235 e. The lowest BCUT2D eigenvalue weighted by Gasteiger charge is -2.29. The monoisotopic (exact) mass is 262 g/mol. The summed E-state index contributed by atoms with van der Waals surface area (Å²) >= 11 is 0. The lowest BCUT2D eigenvalue weighted by Crippen LogP contribution is -2.39. The van der Waals surface area contributed by atoms with Crippen LogP contribution in [0.1, 0.15) is 12.8 Å². The Hall–Kier alpha value is -1.37. The van der Waals surface area contributed by atoms with E-state index in [0.717, 1.165) is 16.4 Å². The molecule has 0 amide bonds. The highest BCUT2D eigenvalue weighted by Gasteiger charge is 2.30. The maximum absolute atomic E-state index is 13.6. The lowest BCUT2D eigenvalue weighted by atomic mass is 10.2. The van der Waals surface area contributed by atoms with Crippen molar-refractivity contribution in [2.24, 2.45) is 0 Å². The van der Waals surface area contributed by atoms with Gasteiger partial charge in [0.25, 0.3) is 0 Å². The molecule has 1 fully saturated rings. The third kappa shape index (κ3) is 2.06. The summed E-state index contributed by atoms with van der Waals surface area (Å²) in [5, 5.41) is 0. The average Bonchev–Trinajstić information content (AvgIpc) is 2.26. The molecular weight excluding hydrogens is 250 g/mol. The van der Waals surface area contributed by atoms with Gasteiger partial charge in [0.15, 0.2) is 11.6 Å². The van der Waals surface area contributed by atoms with E-state index in [0.29, 0.717) is 12.8 Å². The molecule has 0 unspecified atom stereocenters. The van der Waals surface area contributed by atoms with Crippen molar-refractivity contribution >= 4 is 21.4 Å². The smallest absolute Gasteiger partial charge is 0.235 e. The van der Waals surface area contributed by atoms with Gasteiger partial charge in [-0.15, -0.1) is 0 Å². The summed E-state index contributed by atoms with van der Waals surface area (Å²) in [5.41, 5.74) is 5.08. The molecule has 0 aromatic heterocycles. The normalized spacial score (nSPS) is 19.3. The minimum absolute atomic E-state index is 0.0671. The Kier molecular flexibility index (Phi) is 2.94. The Morgan fingerprint density at radius 1 is 1.24 bits per heavy atom. The molecule has 0 radical (unpaired) electrons. The molecule has 7 heteroatoms. The summed E-state index contributed by atoms with van der Waals surface area (Å²) in [5.74, 6) is -2.38. The molecule has 4 nitrogen and oxygen atoms in total. The van der Waals surface area contributed by atoms with Crippen LogP contribution in [-0.4, -0.2) is 20.7 Å². The number of nitrogen functional groups attached to an aromatic ring is 1. The summed E-state index contributed by atoms with van der Waals surface area (Å²) in [6.07, 6.45) is 1.13. The fourth-order valence-corrected chi connectivity index (χ4v) is 3.51. The molecule has 0 bridgehead atoms. The van der Waals surface area contributed by atoms with Crippen molar-refractivity contribution < 1.29 is 17.2 Å². The number of nitrogens with zero attached hydrogens (tertiary/aromatic N) is 1. The molecule has 0 atom stereocenters. The molecule has 0 aliphatic carbocycles. The number of anilines is 2. The lowest BCUT2D eigenvalue weighted by molar-refractivity contribution is 0.507. The van der Waals surface area contributed by atoms with Crippen molar-refractivity contribution in [3.05, 3.63) is 23.8 Å². The second-order valence-corrected chi connectivity index (χ2v) is 5.91. The minimum Gasteiger partial charge on any atom is -0.397 e. The Balaban J connectivity index is 2.57. The van der Waals surface area contributed by atoms with Gasteiger partial charge in [0.05, 0.1) is 11.4 Å². The first-order valence-electron chi connectivity index (χ1n) is 5.17. The van der Waals surface area contributed by atoms with Crippen LogP contribution in [0.5, 0.6) is 0 Å². The molecule has 0 saturated carbocycles. The molecular formula is C10H12F2N2O2S. The fraction of sp³-hybridized carbons (Fsp3) is 0.400. The van der Waals surface area contributed by atoms with Gasteiger partial charge in [-0.3, -0.25) is 4.31 Å². The van der Waals surface area contributed by atoms with E-state index >= 15 is 0 Å². The van der Waals surface area contributed by atoms with Crippen molar-refractivity contribution in [1.82, 2.24) is 0 Å². The second-order valence-electron chi connectivity index (χ2n) is 3.89. The zero-order valence-corrected chi connectivity index (χ0v) is 9.80. The SMILES string of the molecule is Nc1ccc(F)c(F)c1N1CCCCS1(=O)=O. The maximum atomic E-state index is 13.6. The summed E-state index contributed by atoms with van der Waals surface area (Å²) < 4.78 is 51.2. The van der Waals surface area contributed by atoms with Gasteiger partial charge in [-0.05, 0) is 25.0 Å². The Morgan fingerprint density at radius 3 is 2.59 bits per heavy atom. The molecule has 1 saturated heterocycles. The number of hydrogen-bond acceptors (Lipinski definition) is 3. The van der Waals surface area contributed by atoms with E-state index in [1.54, 1.807) is 0 Å². The van der Waals surface area contributed by atoms with Crippen LogP contribution in [0.15, 0.2) is 12.1 Å². The van der Waals surface area contributed by atoms with E-state index in [9.17, 15) is 17.2 Å². The quantitative estimate of drug-likeness (QED) is 0.780. The average molecular weight is 262 g/mol. The van der Waals surface area contributed by atoms with Crippen LogP contribution in [0.4, 0.5) is 20.2 Å². The van der Waals surface area contributed by atoms with Crippen molar-refractivity contribution in [2.75, 3.05) is 22.3 Å². The molecule has 1 aromatic rings. The van der Waals surface area contributed by atoms with Gasteiger partial charge < -0.3 is 5.73 Å². The van der Waals surface area contributed by atoms with Crippen LogP contribution in [0.25, 0.3) is 0 Å². The molecule has 2 N–H and O–H groups in total. The fourth-order valence-electron chi connectivity index (χ4n) is 1.85. The van der Waals surface area contributed by atoms with E-state index in [1.807, 2.05) is 0 Å². The van der Waals surface area contributed by atoms with Gasteiger partial charge in [-0.25, -0.2) is 17.2 Å². The third-order valence-corrected chi connectivity index (χ3v) is 4.54. The van der Waals surface area contributed by atoms with Gasteiger partial charge in [-0.2, -0.15) is 0 Å². The standard InChI is InChI=1S/C10H12F2N2O2S/c11-7-3-4-8(13)10(9(7)12)14-5-1-2-6-17(14,15)16/h3-4H,1-2,5-6,13H2. The molecule has 2 rings (SSSR count). The van der Waals surface area contributed by atoms with Crippen LogP contribution in [0.3, 0.4) is 0 Å². The van der Waals surface area contributed by atoms with Gasteiger partial charge in [0.1, 0.15) is 5.69 Å². The van der Waals surface area contributed by atoms with Gasteiger partial charge in [0.2, 0.25) is 10.0 Å². The highest BCUT2D eigenvalue weighted by Crippen LogP contribution is 2.32. The topological polar surface area (TPSA) is 63.4 Å². The van der Waals surface area contributed by atoms with Gasteiger partial charge in [-0.1, -0.05) is 0 Å². The largest absolute Gasteiger partial charge is 0.397 e. The molecule has 1 heterocycles. The van der Waals surface area contributed by atoms with Crippen LogP contribution >= 0.6 is 0 Å². The zero-order chi connectivity index (χ0) is 12.6. The number of rotatable bonds is 1. The van der Waals surface area contributed by atoms with Crippen molar-refractivity contribution in [2.45, 2.75) is 12.8 Å². The van der Waals surface area contributed by atoms with Gasteiger partial charge in [0, 0.05) is 6.54 Å². The van der Waals surface area contributed by atoms with Crippen molar-refractivity contribution in [3.8, 4) is 0 Å². The predicted molar refractivity (Wildman–Crippen MR) is 61.1 cm³/mol. The predicted octanol–water partition coefficient (Wildman–Crippen LogP) is 1.48. The highest BCUT2D eigenvalue weighted by molar-refractivity contribution is 7.92. The van der Waals surface area contributed by atoms with Crippen LogP contribution in [0.2, 0.25) is 0 Å². The van der Waals surface area contributed by atoms with Crippen LogP contribution in [0, 0.1) is 11.6 Å². The summed E-state index contributed by atoms with van der Waals surface area (Å²) in [7, 11) is -3.59. The second kappa shape index (κ2) is 4.14. The Bertz CT molecular complexity index is 545. The Labute approximate surface area is 98.1 Å². The van der Waals surface area contributed by atoms with E-state index < -0.39 is 21.7 Å². The minimum atomic E-state index is -3.59. The number of nitrogens with two attached hydrogens (primary N) is 1. The Morgan fingerprint density at radius 2 is 1.94 bits per heavy atom. The summed E-state index contributed by atoms with van der Waals surface area (Å²) in [4.78, 5) is 0. The molecule has 1 aliphatic rings. The summed E-state index contributed by atoms with van der Waals surface area (Å²) in [6, 6.07) is 2.04. The molecule has 0 spiro atoms. The number of benzene rings is 1. The van der Waals surface area contributed by atoms with Crippen molar-refractivity contribution in [1.29, 1.82) is 0 Å². The van der Waals surface area contributed by atoms with E-state index in [1.165, 1.54) is 0 Å². The third-order valence-electron chi connectivity index (χ3n) is 2.70. The summed E-state index contributed by atoms with van der Waals surface area (Å²) in [6.45, 7) is 0.132. The van der Waals surface area contributed by atoms with Crippen LogP contribution in [-0.2, 0) is 10.0 Å². The molecule has 17 heavy (non-hydrogen) atoms. The number of hydrogen-bond donors (Lipinski definition) is 1. The first-order valence-corrected chi connectivity index (χ1v) is 6.78. The van der Waals surface area contributed by atoms with E-state index in [4.69, 9.17) is 5.73 Å². The van der Waals surface area contributed by atoms with Gasteiger partial charge >= 0.3 is 0 Å². The highest BCUT2D eigenvalue weighted by atomic mass is 32.2. The van der Waals surface area contributed by atoms with Crippen LogP contribution < -0.4 is 10.0 Å². The van der Waals surface area contributed by atoms with E-state index in [-0.39, 0.29) is 23.7 Å². The molecule has 1 aliphatic heterocycles. The molecule has 1 aromatic carbocycles. The zero-order valence-electron chi connectivity index (χ0n) is 8.99.